The third kappa shape index (κ3) is 7.61. The summed E-state index contributed by atoms with van der Waals surface area (Å²) in [6.45, 7) is 13.1. The van der Waals surface area contributed by atoms with Gasteiger partial charge in [-0.05, 0) is 70.7 Å². The first kappa shape index (κ1) is 26.9. The Morgan fingerprint density at radius 3 is 2.26 bits per heavy atom. The van der Waals surface area contributed by atoms with Gasteiger partial charge in [0.1, 0.15) is 18.2 Å². The molecule has 2 N–H and O–H groups in total. The Bertz CT molecular complexity index is 1030. The standard InChI is InChI=1S/C27H37N3O4/c1-8-15-30(23(31)17-28-26(33)34-27(5,6)7)24(21-14-13-18(2)16-20(21)4)25(32)29-22-12-10-9-11-19(22)3/h9-14,16,24H,8,15,17H2,1-7H3,(H,28,33)(H,29,32). The number of aryl methyl sites for hydroxylation is 3. The maximum absolute atomic E-state index is 13.6. The monoisotopic (exact) mass is 467 g/mol. The van der Waals surface area contributed by atoms with Crippen LogP contribution in [-0.2, 0) is 14.3 Å². The number of para-hydroxylation sites is 1. The number of carbonyl (C=O) groups is 3. The van der Waals surface area contributed by atoms with E-state index < -0.39 is 17.7 Å². The van der Waals surface area contributed by atoms with Crippen LogP contribution >= 0.6 is 0 Å². The predicted octanol–water partition coefficient (Wildman–Crippen LogP) is 5.05. The van der Waals surface area contributed by atoms with E-state index in [0.717, 1.165) is 22.3 Å². The van der Waals surface area contributed by atoms with Crippen molar-refractivity contribution in [3.63, 3.8) is 0 Å². The highest BCUT2D eigenvalue weighted by Gasteiger charge is 2.32. The van der Waals surface area contributed by atoms with E-state index in [0.29, 0.717) is 18.7 Å². The van der Waals surface area contributed by atoms with Gasteiger partial charge in [-0.1, -0.05) is 48.9 Å². The van der Waals surface area contributed by atoms with Gasteiger partial charge in [-0.3, -0.25) is 9.59 Å². The minimum Gasteiger partial charge on any atom is -0.444 e. The minimum atomic E-state index is -0.854. The van der Waals surface area contributed by atoms with Crippen molar-refractivity contribution < 1.29 is 19.1 Å². The molecule has 0 aliphatic carbocycles. The Morgan fingerprint density at radius 2 is 1.68 bits per heavy atom. The topological polar surface area (TPSA) is 87.7 Å². The van der Waals surface area contributed by atoms with Crippen molar-refractivity contribution in [2.45, 2.75) is 66.5 Å². The highest BCUT2D eigenvalue weighted by molar-refractivity contribution is 5.99. The summed E-state index contributed by atoms with van der Waals surface area (Å²) in [5.74, 6) is -0.669. The maximum atomic E-state index is 13.6. The molecule has 34 heavy (non-hydrogen) atoms. The highest BCUT2D eigenvalue weighted by atomic mass is 16.6. The first-order valence-electron chi connectivity index (χ1n) is 11.6. The molecule has 1 atom stereocenters. The molecule has 0 spiro atoms. The number of anilines is 1. The van der Waals surface area contributed by atoms with E-state index in [2.05, 4.69) is 10.6 Å². The number of carbonyl (C=O) groups excluding carboxylic acids is 3. The smallest absolute Gasteiger partial charge is 0.408 e. The summed E-state index contributed by atoms with van der Waals surface area (Å²) in [5.41, 5.74) is 3.67. The molecule has 184 valence electrons. The van der Waals surface area contributed by atoms with Crippen LogP contribution in [0.1, 0.15) is 62.4 Å². The number of nitrogens with one attached hydrogen (secondary N) is 2. The predicted molar refractivity (Wildman–Crippen MR) is 135 cm³/mol. The second-order valence-corrected chi connectivity index (χ2v) is 9.51. The average molecular weight is 468 g/mol. The number of amides is 3. The summed E-state index contributed by atoms with van der Waals surface area (Å²) in [6.07, 6.45) is -0.0261. The largest absolute Gasteiger partial charge is 0.444 e. The number of alkyl carbamates (subject to hydrolysis) is 1. The van der Waals surface area contributed by atoms with Crippen LogP contribution in [0.2, 0.25) is 0 Å². The number of nitrogens with zero attached hydrogens (tertiary/aromatic N) is 1. The molecular formula is C27H37N3O4. The molecule has 0 saturated carbocycles. The Balaban J connectivity index is 2.38. The molecule has 2 rings (SSSR count). The Labute approximate surface area is 202 Å². The lowest BCUT2D eigenvalue weighted by molar-refractivity contribution is -0.138. The molecule has 0 aliphatic heterocycles. The molecule has 7 heteroatoms. The lowest BCUT2D eigenvalue weighted by Crippen LogP contribution is -2.47. The molecule has 0 bridgehead atoms. The normalized spacial score (nSPS) is 12.0. The first-order valence-corrected chi connectivity index (χ1v) is 11.6. The van der Waals surface area contributed by atoms with Gasteiger partial charge in [0.15, 0.2) is 0 Å². The van der Waals surface area contributed by atoms with Crippen molar-refractivity contribution >= 4 is 23.6 Å². The third-order valence-corrected chi connectivity index (χ3v) is 5.25. The fraction of sp³-hybridized carbons (Fsp3) is 0.444. The van der Waals surface area contributed by atoms with Crippen molar-refractivity contribution in [1.29, 1.82) is 0 Å². The second-order valence-electron chi connectivity index (χ2n) is 9.51. The summed E-state index contributed by atoms with van der Waals surface area (Å²) in [4.78, 5) is 40.6. The van der Waals surface area contributed by atoms with Crippen molar-refractivity contribution in [2.24, 2.45) is 0 Å². The zero-order chi connectivity index (χ0) is 25.5. The molecular weight excluding hydrogens is 430 g/mol. The van der Waals surface area contributed by atoms with Crippen LogP contribution in [-0.4, -0.2) is 41.5 Å². The van der Waals surface area contributed by atoms with E-state index in [9.17, 15) is 14.4 Å². The van der Waals surface area contributed by atoms with E-state index in [-0.39, 0.29) is 18.4 Å². The molecule has 0 heterocycles. The van der Waals surface area contributed by atoms with Crippen molar-refractivity contribution in [1.82, 2.24) is 10.2 Å². The Kier molecular flexibility index (Phi) is 9.24. The van der Waals surface area contributed by atoms with Gasteiger partial charge in [-0.2, -0.15) is 0 Å². The fourth-order valence-electron chi connectivity index (χ4n) is 3.70. The summed E-state index contributed by atoms with van der Waals surface area (Å²) in [5, 5.41) is 5.52. The molecule has 2 aromatic carbocycles. The molecule has 0 saturated heterocycles. The number of ether oxygens (including phenoxy) is 1. The quantitative estimate of drug-likeness (QED) is 0.568. The number of hydrogen-bond acceptors (Lipinski definition) is 4. The van der Waals surface area contributed by atoms with Crippen molar-refractivity contribution in [3.05, 3.63) is 64.7 Å². The van der Waals surface area contributed by atoms with E-state index in [4.69, 9.17) is 4.74 Å². The third-order valence-electron chi connectivity index (χ3n) is 5.25. The summed E-state index contributed by atoms with van der Waals surface area (Å²) in [6, 6.07) is 12.5. The fourth-order valence-corrected chi connectivity index (χ4v) is 3.70. The number of benzene rings is 2. The number of rotatable bonds is 8. The van der Waals surface area contributed by atoms with Gasteiger partial charge in [0.25, 0.3) is 5.91 Å². The zero-order valence-electron chi connectivity index (χ0n) is 21.3. The lowest BCUT2D eigenvalue weighted by Gasteiger charge is -2.32. The molecule has 0 radical (unpaired) electrons. The Morgan fingerprint density at radius 1 is 1.00 bits per heavy atom. The van der Waals surface area contributed by atoms with Gasteiger partial charge in [0.2, 0.25) is 5.91 Å². The molecule has 0 fully saturated rings. The van der Waals surface area contributed by atoms with Gasteiger partial charge in [-0.25, -0.2) is 4.79 Å². The maximum Gasteiger partial charge on any atom is 0.408 e. The van der Waals surface area contributed by atoms with Crippen molar-refractivity contribution in [3.8, 4) is 0 Å². The first-order chi connectivity index (χ1) is 15.9. The van der Waals surface area contributed by atoms with Gasteiger partial charge >= 0.3 is 6.09 Å². The van der Waals surface area contributed by atoms with Crippen LogP contribution in [0.3, 0.4) is 0 Å². The number of hydrogen-bond donors (Lipinski definition) is 2. The summed E-state index contributed by atoms with van der Waals surface area (Å²) >= 11 is 0. The molecule has 3 amide bonds. The van der Waals surface area contributed by atoms with Gasteiger partial charge in [0, 0.05) is 12.2 Å². The van der Waals surface area contributed by atoms with Crippen LogP contribution in [0.5, 0.6) is 0 Å². The van der Waals surface area contributed by atoms with Gasteiger partial charge < -0.3 is 20.3 Å². The van der Waals surface area contributed by atoms with E-state index >= 15 is 0 Å². The Hall–Kier alpha value is -3.35. The molecule has 0 aromatic heterocycles. The van der Waals surface area contributed by atoms with E-state index in [1.807, 2.05) is 70.2 Å². The lowest BCUT2D eigenvalue weighted by atomic mass is 9.96. The molecule has 7 nitrogen and oxygen atoms in total. The van der Waals surface area contributed by atoms with Gasteiger partial charge in [0.05, 0.1) is 0 Å². The van der Waals surface area contributed by atoms with Crippen LogP contribution in [0, 0.1) is 20.8 Å². The molecule has 0 aliphatic rings. The van der Waals surface area contributed by atoms with Crippen molar-refractivity contribution in [2.75, 3.05) is 18.4 Å². The second kappa shape index (κ2) is 11.7. The summed E-state index contributed by atoms with van der Waals surface area (Å²) < 4.78 is 5.24. The average Bonchev–Trinajstić information content (AvgIpc) is 2.73. The van der Waals surface area contributed by atoms with Crippen LogP contribution < -0.4 is 10.6 Å². The van der Waals surface area contributed by atoms with Crippen LogP contribution in [0.25, 0.3) is 0 Å². The van der Waals surface area contributed by atoms with Gasteiger partial charge in [-0.15, -0.1) is 0 Å². The van der Waals surface area contributed by atoms with Crippen LogP contribution in [0.4, 0.5) is 10.5 Å². The highest BCUT2D eigenvalue weighted by Crippen LogP contribution is 2.28. The zero-order valence-corrected chi connectivity index (χ0v) is 21.3. The van der Waals surface area contributed by atoms with E-state index in [1.165, 1.54) is 4.90 Å². The van der Waals surface area contributed by atoms with E-state index in [1.54, 1.807) is 20.8 Å². The summed E-state index contributed by atoms with van der Waals surface area (Å²) in [7, 11) is 0. The molecule has 2 aromatic rings. The molecule has 1 unspecified atom stereocenters. The SMILES string of the molecule is CCCN(C(=O)CNC(=O)OC(C)(C)C)C(C(=O)Nc1ccccc1C)c1ccc(C)cc1C. The van der Waals surface area contributed by atoms with Crippen LogP contribution in [0.15, 0.2) is 42.5 Å². The minimum absolute atomic E-state index is 0.270.